The molecule has 0 aliphatic carbocycles. The van der Waals surface area contributed by atoms with Gasteiger partial charge in [0.15, 0.2) is 0 Å². The Labute approximate surface area is 75.9 Å². The quantitative estimate of drug-likeness (QED) is 0.704. The molecule has 11 heavy (non-hydrogen) atoms. The van der Waals surface area contributed by atoms with Gasteiger partial charge in [-0.1, -0.05) is 22.9 Å². The van der Waals surface area contributed by atoms with Gasteiger partial charge in [-0.3, -0.25) is 0 Å². The van der Waals surface area contributed by atoms with Crippen molar-refractivity contribution in [2.45, 2.75) is 31.0 Å². The van der Waals surface area contributed by atoms with E-state index in [1.165, 1.54) is 18.4 Å². The maximum Gasteiger partial charge on any atom is 0.0934 e. The number of hydrogen-bond donors (Lipinski definition) is 0. The van der Waals surface area contributed by atoms with Crippen LogP contribution >= 0.6 is 15.9 Å². The second-order valence-corrected chi connectivity index (χ2v) is 3.97. The molecule has 1 aromatic rings. The topological polar surface area (TPSA) is 13.1 Å². The van der Waals surface area contributed by atoms with Crippen molar-refractivity contribution in [3.63, 3.8) is 0 Å². The fourth-order valence-corrected chi connectivity index (χ4v) is 1.19. The van der Waals surface area contributed by atoms with E-state index >= 15 is 0 Å². The van der Waals surface area contributed by atoms with E-state index in [0.29, 0.717) is 4.83 Å². The summed E-state index contributed by atoms with van der Waals surface area (Å²) in [7, 11) is 0. The molecule has 0 aliphatic rings. The van der Waals surface area contributed by atoms with Crippen molar-refractivity contribution >= 4 is 15.9 Å². The molecule has 0 spiro atoms. The Balaban J connectivity index is 2.23. The second-order valence-electron chi connectivity index (χ2n) is 2.68. The smallest absolute Gasteiger partial charge is 0.0934 e. The Bertz CT molecular complexity index is 181. The lowest BCUT2D eigenvalue weighted by Gasteiger charge is -2.03. The number of rotatable bonds is 4. The molecular weight excluding hydrogens is 204 g/mol. The van der Waals surface area contributed by atoms with Gasteiger partial charge in [0.05, 0.1) is 12.5 Å². The van der Waals surface area contributed by atoms with E-state index < -0.39 is 0 Å². The van der Waals surface area contributed by atoms with Crippen molar-refractivity contribution in [3.8, 4) is 0 Å². The highest BCUT2D eigenvalue weighted by Crippen LogP contribution is 2.13. The Morgan fingerprint density at radius 3 is 3.00 bits per heavy atom. The third-order valence-electron chi connectivity index (χ3n) is 1.77. The van der Waals surface area contributed by atoms with Gasteiger partial charge < -0.3 is 4.42 Å². The van der Waals surface area contributed by atoms with Gasteiger partial charge in [-0.05, 0) is 30.9 Å². The monoisotopic (exact) mass is 216 g/mol. The summed E-state index contributed by atoms with van der Waals surface area (Å²) in [6.07, 6.45) is 7.04. The standard InChI is InChI=1S/C9H13BrO/c1-2-9(10)4-3-8-5-6-11-7-8/h5-7,9H,2-4H2,1H3. The lowest BCUT2D eigenvalue weighted by Crippen LogP contribution is -1.96. The Morgan fingerprint density at radius 2 is 2.45 bits per heavy atom. The molecule has 0 aromatic carbocycles. The highest BCUT2D eigenvalue weighted by molar-refractivity contribution is 9.09. The van der Waals surface area contributed by atoms with E-state index in [9.17, 15) is 0 Å². The van der Waals surface area contributed by atoms with Crippen molar-refractivity contribution in [1.29, 1.82) is 0 Å². The van der Waals surface area contributed by atoms with E-state index in [1.807, 2.05) is 12.3 Å². The summed E-state index contributed by atoms with van der Waals surface area (Å²) in [5.41, 5.74) is 1.29. The molecule has 1 aromatic heterocycles. The van der Waals surface area contributed by atoms with Crippen LogP contribution in [0.1, 0.15) is 25.3 Å². The third-order valence-corrected chi connectivity index (χ3v) is 2.87. The van der Waals surface area contributed by atoms with Crippen LogP contribution in [-0.2, 0) is 6.42 Å². The first-order chi connectivity index (χ1) is 5.33. The Kier molecular flexibility index (Phi) is 3.70. The van der Waals surface area contributed by atoms with E-state index in [4.69, 9.17) is 4.42 Å². The van der Waals surface area contributed by atoms with Gasteiger partial charge in [-0.15, -0.1) is 0 Å². The molecule has 62 valence electrons. The molecule has 0 N–H and O–H groups in total. The van der Waals surface area contributed by atoms with Crippen LogP contribution < -0.4 is 0 Å². The molecule has 0 bridgehead atoms. The molecule has 0 amide bonds. The van der Waals surface area contributed by atoms with Gasteiger partial charge in [-0.25, -0.2) is 0 Å². The van der Waals surface area contributed by atoms with Crippen LogP contribution in [0.3, 0.4) is 0 Å². The number of alkyl halides is 1. The lowest BCUT2D eigenvalue weighted by atomic mass is 10.1. The zero-order valence-electron chi connectivity index (χ0n) is 6.72. The molecule has 0 saturated heterocycles. The van der Waals surface area contributed by atoms with Crippen molar-refractivity contribution in [2.75, 3.05) is 0 Å². The zero-order valence-corrected chi connectivity index (χ0v) is 8.30. The molecule has 0 fully saturated rings. The van der Waals surface area contributed by atoms with E-state index in [0.717, 1.165) is 6.42 Å². The molecule has 1 nitrogen and oxygen atoms in total. The molecule has 1 atom stereocenters. The molecule has 2 heteroatoms. The first kappa shape index (κ1) is 8.85. The van der Waals surface area contributed by atoms with E-state index in [1.54, 1.807) is 6.26 Å². The molecule has 0 aliphatic heterocycles. The van der Waals surface area contributed by atoms with Crippen molar-refractivity contribution in [2.24, 2.45) is 0 Å². The third kappa shape index (κ3) is 3.10. The van der Waals surface area contributed by atoms with Crippen molar-refractivity contribution in [3.05, 3.63) is 24.2 Å². The van der Waals surface area contributed by atoms with Crippen LogP contribution in [0.2, 0.25) is 0 Å². The molecular formula is C9H13BrO. The van der Waals surface area contributed by atoms with Gasteiger partial charge in [0, 0.05) is 4.83 Å². The SMILES string of the molecule is CCC(Br)CCc1ccoc1. The summed E-state index contributed by atoms with van der Waals surface area (Å²) in [6.45, 7) is 2.19. The molecule has 1 rings (SSSR count). The molecule has 0 saturated carbocycles. The number of hydrogen-bond acceptors (Lipinski definition) is 1. The second kappa shape index (κ2) is 4.60. The van der Waals surface area contributed by atoms with Gasteiger partial charge in [0.25, 0.3) is 0 Å². The number of furan rings is 1. The highest BCUT2D eigenvalue weighted by atomic mass is 79.9. The minimum atomic E-state index is 0.650. The predicted octanol–water partition coefficient (Wildman–Crippen LogP) is 3.39. The van der Waals surface area contributed by atoms with Crippen LogP contribution in [0.25, 0.3) is 0 Å². The first-order valence-electron chi connectivity index (χ1n) is 3.98. The lowest BCUT2D eigenvalue weighted by molar-refractivity contribution is 0.562. The van der Waals surface area contributed by atoms with Gasteiger partial charge in [-0.2, -0.15) is 0 Å². The summed E-state index contributed by atoms with van der Waals surface area (Å²) >= 11 is 3.59. The maximum absolute atomic E-state index is 4.97. The zero-order chi connectivity index (χ0) is 8.10. The first-order valence-corrected chi connectivity index (χ1v) is 4.89. The van der Waals surface area contributed by atoms with Crippen LogP contribution in [0.15, 0.2) is 23.0 Å². The van der Waals surface area contributed by atoms with Gasteiger partial charge in [0.1, 0.15) is 0 Å². The highest BCUT2D eigenvalue weighted by Gasteiger charge is 2.01. The largest absolute Gasteiger partial charge is 0.472 e. The van der Waals surface area contributed by atoms with Gasteiger partial charge in [0.2, 0.25) is 0 Å². The van der Waals surface area contributed by atoms with Crippen molar-refractivity contribution < 1.29 is 4.42 Å². The maximum atomic E-state index is 4.97. The number of halogens is 1. The fraction of sp³-hybridized carbons (Fsp3) is 0.556. The van der Waals surface area contributed by atoms with E-state index in [-0.39, 0.29) is 0 Å². The van der Waals surface area contributed by atoms with E-state index in [2.05, 4.69) is 22.9 Å². The minimum absolute atomic E-state index is 0.650. The van der Waals surface area contributed by atoms with Gasteiger partial charge >= 0.3 is 0 Å². The molecule has 0 radical (unpaired) electrons. The average molecular weight is 217 g/mol. The predicted molar refractivity (Wildman–Crippen MR) is 50.0 cm³/mol. The average Bonchev–Trinajstić information content (AvgIpc) is 2.52. The van der Waals surface area contributed by atoms with Crippen LogP contribution in [-0.4, -0.2) is 4.83 Å². The van der Waals surface area contributed by atoms with Crippen LogP contribution in [0.5, 0.6) is 0 Å². The van der Waals surface area contributed by atoms with Crippen LogP contribution in [0.4, 0.5) is 0 Å². The number of aryl methyl sites for hydroxylation is 1. The summed E-state index contributed by atoms with van der Waals surface area (Å²) in [6, 6.07) is 2.02. The summed E-state index contributed by atoms with van der Waals surface area (Å²) < 4.78 is 4.97. The fourth-order valence-electron chi connectivity index (χ4n) is 0.962. The van der Waals surface area contributed by atoms with Crippen molar-refractivity contribution in [1.82, 2.24) is 0 Å². The Morgan fingerprint density at radius 1 is 1.64 bits per heavy atom. The summed E-state index contributed by atoms with van der Waals surface area (Å²) in [5, 5.41) is 0. The van der Waals surface area contributed by atoms with Crippen LogP contribution in [0, 0.1) is 0 Å². The Hall–Kier alpha value is -0.240. The summed E-state index contributed by atoms with van der Waals surface area (Å²) in [4.78, 5) is 0.650. The minimum Gasteiger partial charge on any atom is -0.472 e. The summed E-state index contributed by atoms with van der Waals surface area (Å²) in [5.74, 6) is 0. The molecule has 1 heterocycles. The normalized spacial score (nSPS) is 13.3. The molecule has 1 unspecified atom stereocenters.